The number of allylic oxidation sites excluding steroid dienone is 2. The molecular weight excluding hydrogens is 364 g/mol. The summed E-state index contributed by atoms with van der Waals surface area (Å²) in [5.74, 6) is 0. The summed E-state index contributed by atoms with van der Waals surface area (Å²) in [5.41, 5.74) is 0. The summed E-state index contributed by atoms with van der Waals surface area (Å²) in [5, 5.41) is 5.24. The molecule has 25 heavy (non-hydrogen) atoms. The molecule has 0 amide bonds. The van der Waals surface area contributed by atoms with Crippen molar-refractivity contribution in [2.24, 2.45) is 0 Å². The Labute approximate surface area is 168 Å². The molecule has 0 heterocycles. The largest absolute Gasteiger partial charge is 0.0984 e. The summed E-state index contributed by atoms with van der Waals surface area (Å²) in [6.07, 6.45) is 17.5. The molecule has 0 spiro atoms. The predicted octanol–water partition coefficient (Wildman–Crippen LogP) is 9.49. The molecule has 0 radical (unpaired) electrons. The van der Waals surface area contributed by atoms with Gasteiger partial charge in [-0.3, -0.25) is 0 Å². The number of hydrogen-bond donors (Lipinski definition) is 0. The third-order valence-electron chi connectivity index (χ3n) is 3.94. The van der Waals surface area contributed by atoms with Crippen LogP contribution in [0.2, 0.25) is 5.02 Å². The van der Waals surface area contributed by atoms with E-state index in [0.717, 1.165) is 9.92 Å². The normalized spacial score (nSPS) is 11.8. The quantitative estimate of drug-likeness (QED) is 0.227. The van der Waals surface area contributed by atoms with Crippen LogP contribution in [0, 0.1) is 0 Å². The van der Waals surface area contributed by atoms with Crippen LogP contribution in [0.1, 0.15) is 78.1 Å². The van der Waals surface area contributed by atoms with E-state index in [1.165, 1.54) is 69.1 Å². The van der Waals surface area contributed by atoms with Crippen LogP contribution in [0.5, 0.6) is 0 Å². The summed E-state index contributed by atoms with van der Waals surface area (Å²) in [7, 11) is 0. The average Bonchev–Trinajstić information content (AvgIpc) is 2.62. The molecule has 0 aliphatic heterocycles. The van der Waals surface area contributed by atoms with Gasteiger partial charge in [-0.25, -0.2) is 0 Å². The molecule has 0 saturated heterocycles. The maximum atomic E-state index is 6.33. The van der Waals surface area contributed by atoms with Gasteiger partial charge in [0.1, 0.15) is 0 Å². The molecule has 0 aliphatic carbocycles. The fraction of sp³-hybridized carbons (Fsp3) is 0.545. The molecule has 0 bridgehead atoms. The van der Waals surface area contributed by atoms with E-state index in [1.807, 2.05) is 6.07 Å². The molecule has 0 aliphatic rings. The van der Waals surface area contributed by atoms with Crippen molar-refractivity contribution in [2.75, 3.05) is 0 Å². The van der Waals surface area contributed by atoms with Crippen molar-refractivity contribution in [3.63, 3.8) is 0 Å². The molecule has 1 rings (SSSR count). The molecule has 0 aromatic heterocycles. The van der Waals surface area contributed by atoms with E-state index in [9.17, 15) is 0 Å². The minimum atomic E-state index is 0.841. The van der Waals surface area contributed by atoms with Crippen molar-refractivity contribution >= 4 is 35.1 Å². The maximum absolute atomic E-state index is 6.33. The van der Waals surface area contributed by atoms with Crippen LogP contribution in [0.15, 0.2) is 51.0 Å². The summed E-state index contributed by atoms with van der Waals surface area (Å²) in [4.78, 5) is 2.40. The van der Waals surface area contributed by atoms with Crippen molar-refractivity contribution in [2.45, 2.75) is 87.8 Å². The lowest BCUT2D eigenvalue weighted by atomic mass is 10.2. The first-order valence-corrected chi connectivity index (χ1v) is 11.8. The SMILES string of the molecule is CCCCCCC=CSc1ccc(Cl)c(SC=CCCCCCC)c1. The molecule has 0 N–H and O–H groups in total. The van der Waals surface area contributed by atoms with Gasteiger partial charge in [-0.15, -0.1) is 0 Å². The first-order chi connectivity index (χ1) is 12.3. The molecule has 140 valence electrons. The number of hydrogen-bond acceptors (Lipinski definition) is 2. The molecule has 1 aromatic rings. The van der Waals surface area contributed by atoms with Gasteiger partial charge in [0.2, 0.25) is 0 Å². The zero-order valence-electron chi connectivity index (χ0n) is 15.8. The highest BCUT2D eigenvalue weighted by Gasteiger charge is 2.01. The molecule has 0 nitrogen and oxygen atoms in total. The Bertz CT molecular complexity index is 509. The van der Waals surface area contributed by atoms with Gasteiger partial charge in [0.05, 0.1) is 5.02 Å². The summed E-state index contributed by atoms with van der Waals surface area (Å²) in [6.45, 7) is 4.50. The highest BCUT2D eigenvalue weighted by atomic mass is 35.5. The number of halogens is 1. The molecule has 3 heteroatoms. The van der Waals surface area contributed by atoms with Gasteiger partial charge in [0, 0.05) is 9.79 Å². The van der Waals surface area contributed by atoms with Gasteiger partial charge in [-0.2, -0.15) is 0 Å². The molecular formula is C22H33ClS2. The van der Waals surface area contributed by atoms with E-state index in [-0.39, 0.29) is 0 Å². The fourth-order valence-electron chi connectivity index (χ4n) is 2.41. The molecule has 0 saturated carbocycles. The van der Waals surface area contributed by atoms with E-state index in [2.05, 4.69) is 48.9 Å². The Morgan fingerprint density at radius 2 is 1.40 bits per heavy atom. The topological polar surface area (TPSA) is 0 Å². The van der Waals surface area contributed by atoms with Crippen LogP contribution in [0.3, 0.4) is 0 Å². The van der Waals surface area contributed by atoms with Crippen LogP contribution >= 0.6 is 35.1 Å². The van der Waals surface area contributed by atoms with E-state index in [0.29, 0.717) is 0 Å². The number of benzene rings is 1. The van der Waals surface area contributed by atoms with Crippen LogP contribution in [-0.2, 0) is 0 Å². The summed E-state index contributed by atoms with van der Waals surface area (Å²) < 4.78 is 0. The van der Waals surface area contributed by atoms with Crippen LogP contribution in [-0.4, -0.2) is 0 Å². The molecule has 0 unspecified atom stereocenters. The van der Waals surface area contributed by atoms with Gasteiger partial charge in [0.25, 0.3) is 0 Å². The maximum Gasteiger partial charge on any atom is 0.0546 e. The van der Waals surface area contributed by atoms with Crippen LogP contribution in [0.4, 0.5) is 0 Å². The van der Waals surface area contributed by atoms with Crippen molar-refractivity contribution in [3.8, 4) is 0 Å². The highest BCUT2D eigenvalue weighted by Crippen LogP contribution is 2.32. The second-order valence-corrected chi connectivity index (χ2v) is 8.60. The van der Waals surface area contributed by atoms with E-state index in [4.69, 9.17) is 11.6 Å². The highest BCUT2D eigenvalue weighted by molar-refractivity contribution is 8.03. The number of thioether (sulfide) groups is 2. The van der Waals surface area contributed by atoms with Crippen molar-refractivity contribution in [3.05, 3.63) is 46.2 Å². The Kier molecular flexibility index (Phi) is 14.5. The Morgan fingerprint density at radius 3 is 2.00 bits per heavy atom. The van der Waals surface area contributed by atoms with Crippen molar-refractivity contribution < 1.29 is 0 Å². The number of rotatable bonds is 14. The van der Waals surface area contributed by atoms with Crippen LogP contribution in [0.25, 0.3) is 0 Å². The fourth-order valence-corrected chi connectivity index (χ4v) is 4.21. The smallest absolute Gasteiger partial charge is 0.0546 e. The van der Waals surface area contributed by atoms with Gasteiger partial charge in [-0.1, -0.05) is 99.6 Å². The average molecular weight is 397 g/mol. The van der Waals surface area contributed by atoms with E-state index < -0.39 is 0 Å². The Balaban J connectivity index is 2.34. The van der Waals surface area contributed by atoms with Gasteiger partial charge in [0.15, 0.2) is 0 Å². The Hall–Kier alpha value is -0.310. The van der Waals surface area contributed by atoms with Crippen molar-refractivity contribution in [1.29, 1.82) is 0 Å². The van der Waals surface area contributed by atoms with Gasteiger partial charge < -0.3 is 0 Å². The monoisotopic (exact) mass is 396 g/mol. The first-order valence-electron chi connectivity index (χ1n) is 9.70. The third-order valence-corrected chi connectivity index (χ3v) is 6.16. The second-order valence-electron chi connectivity index (χ2n) is 6.27. The lowest BCUT2D eigenvalue weighted by Gasteiger charge is -2.03. The summed E-state index contributed by atoms with van der Waals surface area (Å²) in [6, 6.07) is 6.31. The summed E-state index contributed by atoms with van der Waals surface area (Å²) >= 11 is 9.84. The first kappa shape index (κ1) is 22.7. The van der Waals surface area contributed by atoms with E-state index in [1.54, 1.807) is 23.5 Å². The minimum absolute atomic E-state index is 0.841. The van der Waals surface area contributed by atoms with Gasteiger partial charge in [-0.05, 0) is 54.7 Å². The zero-order chi connectivity index (χ0) is 18.2. The minimum Gasteiger partial charge on any atom is -0.0984 e. The Morgan fingerprint density at radius 1 is 0.800 bits per heavy atom. The molecule has 0 fully saturated rings. The lowest BCUT2D eigenvalue weighted by molar-refractivity contribution is 0.675. The lowest BCUT2D eigenvalue weighted by Crippen LogP contribution is -1.76. The second kappa shape index (κ2) is 15.9. The van der Waals surface area contributed by atoms with Crippen molar-refractivity contribution in [1.82, 2.24) is 0 Å². The van der Waals surface area contributed by atoms with Gasteiger partial charge >= 0.3 is 0 Å². The molecule has 1 aromatic carbocycles. The van der Waals surface area contributed by atoms with E-state index >= 15 is 0 Å². The predicted molar refractivity (Wildman–Crippen MR) is 119 cm³/mol. The number of unbranched alkanes of at least 4 members (excludes halogenated alkanes) is 8. The van der Waals surface area contributed by atoms with Crippen LogP contribution < -0.4 is 0 Å². The molecule has 0 atom stereocenters. The standard InChI is InChI=1S/C22H33ClS2/c1-3-5-7-9-11-13-17-24-20-15-16-21(23)22(19-20)25-18-14-12-10-8-6-4-2/h13-19H,3-12H2,1-2H3. The zero-order valence-corrected chi connectivity index (χ0v) is 18.2. The third kappa shape index (κ3) is 11.8.